The minimum atomic E-state index is -0.451. The van der Waals surface area contributed by atoms with Crippen LogP contribution in [-0.2, 0) is 6.42 Å². The van der Waals surface area contributed by atoms with Gasteiger partial charge in [0.15, 0.2) is 0 Å². The van der Waals surface area contributed by atoms with Crippen LogP contribution < -0.4 is 0 Å². The van der Waals surface area contributed by atoms with Crippen LogP contribution >= 0.6 is 0 Å². The van der Waals surface area contributed by atoms with E-state index in [2.05, 4.69) is 0 Å². The van der Waals surface area contributed by atoms with E-state index >= 15 is 0 Å². The first-order valence-electron chi connectivity index (χ1n) is 4.92. The van der Waals surface area contributed by atoms with E-state index in [0.717, 1.165) is 18.4 Å². The summed E-state index contributed by atoms with van der Waals surface area (Å²) in [7, 11) is 3.83. The number of nitrogens with zero attached hydrogens (tertiary/aromatic N) is 2. The molecular weight excluding hydrogens is 208 g/mol. The summed E-state index contributed by atoms with van der Waals surface area (Å²) >= 11 is 0. The second kappa shape index (κ2) is 5.37. The maximum Gasteiger partial charge on any atom is 0.269 e. The van der Waals surface area contributed by atoms with Gasteiger partial charge in [-0.1, -0.05) is 0 Å². The predicted octanol–water partition coefficient (Wildman–Crippen LogP) is 1.51. The highest BCUT2D eigenvalue weighted by Gasteiger charge is 2.10. The standard InChI is InChI=1S/C11H14N2O3/c1-12(2)6-5-9-7-11(13(15)16)4-3-10(9)8-14/h3-4,7-8H,5-6H2,1-2H3. The SMILES string of the molecule is CN(C)CCc1cc([N+](=O)[O-])ccc1C=O. The molecule has 5 heteroatoms. The Morgan fingerprint density at radius 1 is 1.44 bits per heavy atom. The lowest BCUT2D eigenvalue weighted by Crippen LogP contribution is -2.15. The van der Waals surface area contributed by atoms with Crippen LogP contribution in [0.5, 0.6) is 0 Å². The van der Waals surface area contributed by atoms with Crippen LogP contribution in [0.2, 0.25) is 0 Å². The van der Waals surface area contributed by atoms with Crippen LogP contribution in [0.4, 0.5) is 5.69 Å². The molecule has 0 aliphatic carbocycles. The first-order chi connectivity index (χ1) is 7.54. The van der Waals surface area contributed by atoms with E-state index in [0.29, 0.717) is 12.0 Å². The number of non-ortho nitro benzene ring substituents is 1. The Morgan fingerprint density at radius 3 is 2.62 bits per heavy atom. The average molecular weight is 222 g/mol. The quantitative estimate of drug-likeness (QED) is 0.430. The topological polar surface area (TPSA) is 63.4 Å². The maximum atomic E-state index is 10.8. The lowest BCUT2D eigenvalue weighted by molar-refractivity contribution is -0.384. The highest BCUT2D eigenvalue weighted by Crippen LogP contribution is 2.17. The van der Waals surface area contributed by atoms with Crippen molar-refractivity contribution in [3.8, 4) is 0 Å². The zero-order valence-corrected chi connectivity index (χ0v) is 9.34. The number of carbonyl (C=O) groups excluding carboxylic acids is 1. The Hall–Kier alpha value is -1.75. The second-order valence-electron chi connectivity index (χ2n) is 3.81. The molecule has 0 aromatic heterocycles. The van der Waals surface area contributed by atoms with Gasteiger partial charge in [-0.3, -0.25) is 14.9 Å². The number of hydrogen-bond acceptors (Lipinski definition) is 4. The van der Waals surface area contributed by atoms with E-state index in [1.807, 2.05) is 19.0 Å². The van der Waals surface area contributed by atoms with Crippen molar-refractivity contribution in [3.63, 3.8) is 0 Å². The van der Waals surface area contributed by atoms with Gasteiger partial charge in [-0.2, -0.15) is 0 Å². The van der Waals surface area contributed by atoms with Gasteiger partial charge in [-0.15, -0.1) is 0 Å². The Balaban J connectivity index is 2.97. The summed E-state index contributed by atoms with van der Waals surface area (Å²) < 4.78 is 0. The predicted molar refractivity (Wildman–Crippen MR) is 60.7 cm³/mol. The summed E-state index contributed by atoms with van der Waals surface area (Å²) in [4.78, 5) is 22.9. The van der Waals surface area contributed by atoms with E-state index in [9.17, 15) is 14.9 Å². The molecule has 0 aliphatic rings. The largest absolute Gasteiger partial charge is 0.309 e. The summed E-state index contributed by atoms with van der Waals surface area (Å²) in [5.74, 6) is 0. The molecule has 86 valence electrons. The highest BCUT2D eigenvalue weighted by molar-refractivity contribution is 5.78. The molecule has 0 atom stereocenters. The van der Waals surface area contributed by atoms with Crippen LogP contribution in [0.1, 0.15) is 15.9 Å². The summed E-state index contributed by atoms with van der Waals surface area (Å²) in [5, 5.41) is 10.6. The van der Waals surface area contributed by atoms with Gasteiger partial charge in [0.05, 0.1) is 4.92 Å². The van der Waals surface area contributed by atoms with E-state index in [1.54, 1.807) is 0 Å². The van der Waals surface area contributed by atoms with Crippen LogP contribution in [0, 0.1) is 10.1 Å². The Labute approximate surface area is 93.8 Å². The summed E-state index contributed by atoms with van der Waals surface area (Å²) in [6, 6.07) is 4.31. The van der Waals surface area contributed by atoms with E-state index in [-0.39, 0.29) is 5.69 Å². The summed E-state index contributed by atoms with van der Waals surface area (Å²) in [5.41, 5.74) is 1.27. The van der Waals surface area contributed by atoms with E-state index < -0.39 is 4.92 Å². The third-order valence-electron chi connectivity index (χ3n) is 2.29. The molecule has 0 N–H and O–H groups in total. The van der Waals surface area contributed by atoms with Crippen molar-refractivity contribution in [2.24, 2.45) is 0 Å². The maximum absolute atomic E-state index is 10.8. The average Bonchev–Trinajstić information content (AvgIpc) is 2.25. The number of nitro groups is 1. The van der Waals surface area contributed by atoms with Crippen molar-refractivity contribution in [3.05, 3.63) is 39.4 Å². The minimum absolute atomic E-state index is 0.0272. The molecule has 0 spiro atoms. The Kier molecular flexibility index (Phi) is 4.13. The van der Waals surface area contributed by atoms with Gasteiger partial charge in [0, 0.05) is 24.2 Å². The number of likely N-dealkylation sites (N-methyl/N-ethyl adjacent to an activating group) is 1. The molecule has 5 nitrogen and oxygen atoms in total. The molecule has 1 aromatic carbocycles. The van der Waals surface area contributed by atoms with Gasteiger partial charge < -0.3 is 4.90 Å². The normalized spacial score (nSPS) is 10.4. The van der Waals surface area contributed by atoms with Gasteiger partial charge in [0.1, 0.15) is 6.29 Å². The van der Waals surface area contributed by atoms with Crippen molar-refractivity contribution < 1.29 is 9.72 Å². The number of rotatable bonds is 5. The smallest absolute Gasteiger partial charge is 0.269 e. The van der Waals surface area contributed by atoms with E-state index in [4.69, 9.17) is 0 Å². The van der Waals surface area contributed by atoms with Gasteiger partial charge in [-0.05, 0) is 32.1 Å². The molecule has 1 aromatic rings. The molecule has 0 aliphatic heterocycles. The van der Waals surface area contributed by atoms with Crippen molar-refractivity contribution in [2.45, 2.75) is 6.42 Å². The Morgan fingerprint density at radius 2 is 2.12 bits per heavy atom. The fraction of sp³-hybridized carbons (Fsp3) is 0.364. The minimum Gasteiger partial charge on any atom is -0.309 e. The lowest BCUT2D eigenvalue weighted by Gasteiger charge is -2.10. The van der Waals surface area contributed by atoms with Gasteiger partial charge in [0.2, 0.25) is 0 Å². The third-order valence-corrected chi connectivity index (χ3v) is 2.29. The van der Waals surface area contributed by atoms with E-state index in [1.165, 1.54) is 18.2 Å². The zero-order valence-electron chi connectivity index (χ0n) is 9.34. The Bertz CT molecular complexity index is 402. The number of aldehydes is 1. The van der Waals surface area contributed by atoms with Crippen molar-refractivity contribution >= 4 is 12.0 Å². The molecular formula is C11H14N2O3. The van der Waals surface area contributed by atoms with Gasteiger partial charge in [-0.25, -0.2) is 0 Å². The first kappa shape index (κ1) is 12.3. The van der Waals surface area contributed by atoms with Crippen LogP contribution in [0.15, 0.2) is 18.2 Å². The fourth-order valence-corrected chi connectivity index (χ4v) is 1.38. The van der Waals surface area contributed by atoms with Crippen molar-refractivity contribution in [1.82, 2.24) is 4.90 Å². The molecule has 16 heavy (non-hydrogen) atoms. The highest BCUT2D eigenvalue weighted by atomic mass is 16.6. The molecule has 0 saturated carbocycles. The van der Waals surface area contributed by atoms with Gasteiger partial charge >= 0.3 is 0 Å². The molecule has 0 fully saturated rings. The number of hydrogen-bond donors (Lipinski definition) is 0. The fourth-order valence-electron chi connectivity index (χ4n) is 1.38. The van der Waals surface area contributed by atoms with Crippen molar-refractivity contribution in [2.75, 3.05) is 20.6 Å². The molecule has 1 rings (SSSR count). The molecule has 0 saturated heterocycles. The lowest BCUT2D eigenvalue weighted by atomic mass is 10.0. The van der Waals surface area contributed by atoms with Crippen molar-refractivity contribution in [1.29, 1.82) is 0 Å². The van der Waals surface area contributed by atoms with Crippen LogP contribution in [0.25, 0.3) is 0 Å². The molecule has 0 amide bonds. The van der Waals surface area contributed by atoms with Crippen LogP contribution in [0.3, 0.4) is 0 Å². The number of nitro benzene ring substituents is 1. The van der Waals surface area contributed by atoms with Crippen LogP contribution in [-0.4, -0.2) is 36.7 Å². The molecule has 0 unspecified atom stereocenters. The number of benzene rings is 1. The summed E-state index contributed by atoms with van der Waals surface area (Å²) in [6.07, 6.45) is 1.36. The molecule has 0 bridgehead atoms. The second-order valence-corrected chi connectivity index (χ2v) is 3.81. The third kappa shape index (κ3) is 3.13. The van der Waals surface area contributed by atoms with Gasteiger partial charge in [0.25, 0.3) is 5.69 Å². The monoisotopic (exact) mass is 222 g/mol. The molecule has 0 heterocycles. The zero-order chi connectivity index (χ0) is 12.1. The number of carbonyl (C=O) groups is 1. The first-order valence-corrected chi connectivity index (χ1v) is 4.92. The molecule has 0 radical (unpaired) electrons. The summed E-state index contributed by atoms with van der Waals surface area (Å²) in [6.45, 7) is 0.752.